The lowest BCUT2D eigenvalue weighted by molar-refractivity contribution is 0.426. The molecule has 0 radical (unpaired) electrons. The van der Waals surface area contributed by atoms with Gasteiger partial charge in [-0.2, -0.15) is 0 Å². The summed E-state index contributed by atoms with van der Waals surface area (Å²) in [6.07, 6.45) is 6.76. The van der Waals surface area contributed by atoms with Crippen molar-refractivity contribution in [3.63, 3.8) is 0 Å². The third kappa shape index (κ3) is 2.25. The Bertz CT molecular complexity index is 299. The van der Waals surface area contributed by atoms with Crippen molar-refractivity contribution in [3.05, 3.63) is 34.9 Å². The van der Waals surface area contributed by atoms with Crippen LogP contribution in [0.2, 0.25) is 5.02 Å². The van der Waals surface area contributed by atoms with Crippen LogP contribution in [0.15, 0.2) is 24.3 Å². The second-order valence-corrected chi connectivity index (χ2v) is 6.53. The molecule has 1 aromatic carbocycles. The van der Waals surface area contributed by atoms with E-state index in [1.807, 2.05) is 12.1 Å². The fraction of sp³-hybridized carbons (Fsp3) is 0.500. The van der Waals surface area contributed by atoms with Gasteiger partial charge in [-0.05, 0) is 30.5 Å². The highest BCUT2D eigenvalue weighted by molar-refractivity contribution is 14.1. The lowest BCUT2D eigenvalue weighted by Crippen LogP contribution is -2.21. The SMILES string of the molecule is Clc1ccc(C2(I)CCCCC2)cc1. The van der Waals surface area contributed by atoms with Gasteiger partial charge in [-0.25, -0.2) is 0 Å². The molecular weight excluding hydrogens is 306 g/mol. The quantitative estimate of drug-likeness (QED) is 0.508. The summed E-state index contributed by atoms with van der Waals surface area (Å²) in [7, 11) is 0. The van der Waals surface area contributed by atoms with Gasteiger partial charge >= 0.3 is 0 Å². The first-order valence-electron chi connectivity index (χ1n) is 5.16. The molecule has 0 nitrogen and oxygen atoms in total. The van der Waals surface area contributed by atoms with Crippen LogP contribution in [-0.4, -0.2) is 0 Å². The molecule has 0 atom stereocenters. The maximum Gasteiger partial charge on any atom is 0.0470 e. The largest absolute Gasteiger partial charge is 0.0843 e. The molecule has 0 aliphatic heterocycles. The van der Waals surface area contributed by atoms with Crippen LogP contribution < -0.4 is 0 Å². The molecule has 0 unspecified atom stereocenters. The predicted octanol–water partition coefficient (Wildman–Crippen LogP) is 4.93. The van der Waals surface area contributed by atoms with Gasteiger partial charge in [0.05, 0.1) is 0 Å². The fourth-order valence-electron chi connectivity index (χ4n) is 2.15. The van der Waals surface area contributed by atoms with Gasteiger partial charge in [-0.3, -0.25) is 0 Å². The molecule has 1 fully saturated rings. The van der Waals surface area contributed by atoms with Crippen LogP contribution in [0.1, 0.15) is 37.7 Å². The van der Waals surface area contributed by atoms with E-state index in [0.717, 1.165) is 5.02 Å². The van der Waals surface area contributed by atoms with Crippen molar-refractivity contribution in [2.45, 2.75) is 35.5 Å². The minimum absolute atomic E-state index is 0.376. The molecule has 1 aliphatic rings. The monoisotopic (exact) mass is 320 g/mol. The lowest BCUT2D eigenvalue weighted by atomic mass is 9.84. The summed E-state index contributed by atoms with van der Waals surface area (Å²) in [6, 6.07) is 8.37. The molecule has 2 heteroatoms. The summed E-state index contributed by atoms with van der Waals surface area (Å²) in [5, 5.41) is 0.838. The molecule has 1 aliphatic carbocycles. The fourth-order valence-corrected chi connectivity index (χ4v) is 3.40. The van der Waals surface area contributed by atoms with Gasteiger partial charge in [0, 0.05) is 8.44 Å². The van der Waals surface area contributed by atoms with Gasteiger partial charge in [0.25, 0.3) is 0 Å². The molecule has 1 aromatic rings. The Kier molecular flexibility index (Phi) is 3.38. The molecular formula is C12H14ClI. The van der Waals surface area contributed by atoms with Crippen molar-refractivity contribution in [1.29, 1.82) is 0 Å². The van der Waals surface area contributed by atoms with Crippen molar-refractivity contribution >= 4 is 34.2 Å². The zero-order valence-electron chi connectivity index (χ0n) is 8.10. The van der Waals surface area contributed by atoms with E-state index in [0.29, 0.717) is 3.42 Å². The number of benzene rings is 1. The molecule has 14 heavy (non-hydrogen) atoms. The highest BCUT2D eigenvalue weighted by Crippen LogP contribution is 2.45. The zero-order valence-corrected chi connectivity index (χ0v) is 11.0. The van der Waals surface area contributed by atoms with Crippen molar-refractivity contribution in [2.75, 3.05) is 0 Å². The van der Waals surface area contributed by atoms with Crippen molar-refractivity contribution in [1.82, 2.24) is 0 Å². The van der Waals surface area contributed by atoms with Crippen LogP contribution in [-0.2, 0) is 3.42 Å². The van der Waals surface area contributed by atoms with Gasteiger partial charge in [0.15, 0.2) is 0 Å². The van der Waals surface area contributed by atoms with E-state index in [9.17, 15) is 0 Å². The summed E-state index contributed by atoms with van der Waals surface area (Å²) in [6.45, 7) is 0. The molecule has 0 N–H and O–H groups in total. The van der Waals surface area contributed by atoms with Gasteiger partial charge < -0.3 is 0 Å². The Morgan fingerprint density at radius 2 is 1.57 bits per heavy atom. The zero-order chi connectivity index (χ0) is 10.0. The summed E-state index contributed by atoms with van der Waals surface area (Å²) in [4.78, 5) is 0. The maximum atomic E-state index is 5.89. The third-order valence-electron chi connectivity index (χ3n) is 3.01. The number of hydrogen-bond donors (Lipinski definition) is 0. The molecule has 1 saturated carbocycles. The van der Waals surface area contributed by atoms with E-state index >= 15 is 0 Å². The summed E-state index contributed by atoms with van der Waals surface area (Å²) >= 11 is 8.52. The molecule has 0 aromatic heterocycles. The highest BCUT2D eigenvalue weighted by Gasteiger charge is 2.30. The van der Waals surface area contributed by atoms with Gasteiger partial charge in [-0.1, -0.05) is 65.6 Å². The van der Waals surface area contributed by atoms with Crippen LogP contribution in [0.25, 0.3) is 0 Å². The van der Waals surface area contributed by atoms with Crippen LogP contribution in [0.3, 0.4) is 0 Å². The Morgan fingerprint density at radius 1 is 1.00 bits per heavy atom. The molecule has 76 valence electrons. The van der Waals surface area contributed by atoms with Crippen LogP contribution in [0.4, 0.5) is 0 Å². The van der Waals surface area contributed by atoms with Crippen molar-refractivity contribution < 1.29 is 0 Å². The third-order valence-corrected chi connectivity index (χ3v) is 4.96. The number of alkyl halides is 1. The van der Waals surface area contributed by atoms with E-state index < -0.39 is 0 Å². The minimum atomic E-state index is 0.376. The molecule has 0 bridgehead atoms. The van der Waals surface area contributed by atoms with Gasteiger partial charge in [-0.15, -0.1) is 0 Å². The smallest absolute Gasteiger partial charge is 0.0470 e. The minimum Gasteiger partial charge on any atom is -0.0843 e. The Balaban J connectivity index is 2.23. The standard InChI is InChI=1S/C12H14ClI/c13-11-6-4-10(5-7-11)12(14)8-2-1-3-9-12/h4-7H,1-3,8-9H2. The van der Waals surface area contributed by atoms with Gasteiger partial charge in [0.1, 0.15) is 0 Å². The first-order chi connectivity index (χ1) is 6.71. The van der Waals surface area contributed by atoms with Crippen LogP contribution in [0, 0.1) is 0 Å². The van der Waals surface area contributed by atoms with E-state index in [1.54, 1.807) is 0 Å². The Morgan fingerprint density at radius 3 is 2.14 bits per heavy atom. The first kappa shape index (κ1) is 10.7. The summed E-state index contributed by atoms with van der Waals surface area (Å²) in [5.74, 6) is 0. The molecule has 0 spiro atoms. The van der Waals surface area contributed by atoms with Crippen molar-refractivity contribution in [3.8, 4) is 0 Å². The second kappa shape index (κ2) is 4.40. The van der Waals surface area contributed by atoms with E-state index in [4.69, 9.17) is 11.6 Å². The van der Waals surface area contributed by atoms with Crippen molar-refractivity contribution in [2.24, 2.45) is 0 Å². The molecule has 0 amide bonds. The lowest BCUT2D eigenvalue weighted by Gasteiger charge is -2.32. The van der Waals surface area contributed by atoms with E-state index in [-0.39, 0.29) is 0 Å². The topological polar surface area (TPSA) is 0 Å². The van der Waals surface area contributed by atoms with E-state index in [2.05, 4.69) is 34.7 Å². The van der Waals surface area contributed by atoms with E-state index in [1.165, 1.54) is 37.7 Å². The normalized spacial score (nSPS) is 20.7. The average Bonchev–Trinajstić information content (AvgIpc) is 2.19. The average molecular weight is 321 g/mol. The highest BCUT2D eigenvalue weighted by atomic mass is 127. The maximum absolute atomic E-state index is 5.89. The van der Waals surface area contributed by atoms with Crippen LogP contribution >= 0.6 is 34.2 Å². The first-order valence-corrected chi connectivity index (χ1v) is 6.61. The number of rotatable bonds is 1. The molecule has 2 rings (SSSR count). The van der Waals surface area contributed by atoms with Crippen LogP contribution in [0.5, 0.6) is 0 Å². The predicted molar refractivity (Wildman–Crippen MR) is 70.2 cm³/mol. The second-order valence-electron chi connectivity index (χ2n) is 4.03. The van der Waals surface area contributed by atoms with Gasteiger partial charge in [0.2, 0.25) is 0 Å². The molecule has 0 heterocycles. The summed E-state index contributed by atoms with van der Waals surface area (Å²) in [5.41, 5.74) is 1.45. The number of halogens is 2. The Hall–Kier alpha value is 0.240. The number of hydrogen-bond acceptors (Lipinski definition) is 0. The summed E-state index contributed by atoms with van der Waals surface area (Å²) < 4.78 is 0.376. The molecule has 0 saturated heterocycles. The Labute approximate surface area is 104 Å².